The van der Waals surface area contributed by atoms with Crippen LogP contribution in [0, 0.1) is 18.7 Å². The van der Waals surface area contributed by atoms with Crippen LogP contribution in [0.5, 0.6) is 0 Å². The van der Waals surface area contributed by atoms with Gasteiger partial charge in [0.25, 0.3) is 5.56 Å². The molecule has 0 spiro atoms. The van der Waals surface area contributed by atoms with Gasteiger partial charge in [0.05, 0.1) is 35.3 Å². The molecule has 1 saturated carbocycles. The Balaban J connectivity index is 1.60. The van der Waals surface area contributed by atoms with Crippen LogP contribution in [0.1, 0.15) is 24.4 Å². The van der Waals surface area contributed by atoms with Gasteiger partial charge in [0, 0.05) is 30.6 Å². The normalized spacial score (nSPS) is 26.1. The number of nitrogens with one attached hydrogen (secondary N) is 2. The van der Waals surface area contributed by atoms with Gasteiger partial charge in [-0.1, -0.05) is 0 Å². The molecular weight excluding hydrogens is 383 g/mol. The number of fused-ring (bicyclic) bond motifs is 2. The molecule has 154 valence electrons. The average Bonchev–Trinajstić information content (AvgIpc) is 3.29. The summed E-state index contributed by atoms with van der Waals surface area (Å²) in [6.07, 6.45) is 0.374. The van der Waals surface area contributed by atoms with E-state index in [0.29, 0.717) is 36.5 Å². The Hall–Kier alpha value is -2.88. The van der Waals surface area contributed by atoms with Crippen LogP contribution in [0.2, 0.25) is 0 Å². The first-order valence-electron chi connectivity index (χ1n) is 9.68. The number of carbonyl (C=O) groups is 1. The molecule has 1 aliphatic carbocycles. The van der Waals surface area contributed by atoms with Crippen molar-refractivity contribution in [3.63, 3.8) is 0 Å². The van der Waals surface area contributed by atoms with Crippen LogP contribution in [0.3, 0.4) is 0 Å². The third-order valence-corrected chi connectivity index (χ3v) is 6.24. The Bertz CT molecular complexity index is 1140. The van der Waals surface area contributed by atoms with E-state index in [1.807, 2.05) is 4.90 Å². The van der Waals surface area contributed by atoms with Gasteiger partial charge in [0.15, 0.2) is 0 Å². The Morgan fingerprint density at radius 3 is 2.79 bits per heavy atom. The monoisotopic (exact) mass is 404 g/mol. The molecule has 1 aromatic carbocycles. The Morgan fingerprint density at radius 2 is 2.10 bits per heavy atom. The molecule has 5 rings (SSSR count). The largest absolute Gasteiger partial charge is 0.465 e. The predicted molar refractivity (Wildman–Crippen MR) is 102 cm³/mol. The van der Waals surface area contributed by atoms with Gasteiger partial charge in [-0.3, -0.25) is 14.3 Å². The number of hydrogen-bond acceptors (Lipinski definition) is 5. The third kappa shape index (κ3) is 2.81. The van der Waals surface area contributed by atoms with Crippen LogP contribution < -0.4 is 21.5 Å². The zero-order valence-corrected chi connectivity index (χ0v) is 15.8. The van der Waals surface area contributed by atoms with Gasteiger partial charge in [0.1, 0.15) is 5.82 Å². The number of carboxylic acid groups (broad SMARTS) is 1. The van der Waals surface area contributed by atoms with Gasteiger partial charge >= 0.3 is 11.8 Å². The molecule has 1 aromatic heterocycles. The number of H-pyrrole nitrogens is 1. The molecule has 3 fully saturated rings. The summed E-state index contributed by atoms with van der Waals surface area (Å²) in [5, 5.41) is 11.7. The lowest BCUT2D eigenvalue weighted by atomic mass is 10.0. The first-order chi connectivity index (χ1) is 13.8. The van der Waals surface area contributed by atoms with Crippen LogP contribution in [0.4, 0.5) is 14.9 Å². The lowest BCUT2D eigenvalue weighted by Gasteiger charge is -2.25. The van der Waals surface area contributed by atoms with E-state index in [2.05, 4.69) is 10.3 Å². The zero-order chi connectivity index (χ0) is 20.4. The molecule has 3 aliphatic rings. The summed E-state index contributed by atoms with van der Waals surface area (Å²) in [5.41, 5.74) is 0.276. The number of nitrogens with zero attached hydrogens (tertiary/aromatic N) is 2. The fourth-order valence-electron chi connectivity index (χ4n) is 4.84. The van der Waals surface area contributed by atoms with Crippen LogP contribution in [-0.4, -0.2) is 52.6 Å². The summed E-state index contributed by atoms with van der Waals surface area (Å²) >= 11 is 0. The summed E-state index contributed by atoms with van der Waals surface area (Å²) in [6.45, 7) is 2.87. The second kappa shape index (κ2) is 6.31. The molecule has 29 heavy (non-hydrogen) atoms. The van der Waals surface area contributed by atoms with E-state index in [9.17, 15) is 14.4 Å². The minimum atomic E-state index is -1.11. The van der Waals surface area contributed by atoms with E-state index in [4.69, 9.17) is 9.84 Å². The number of ether oxygens (including phenoxy) is 1. The molecular formula is C19H21FN4O5. The smallest absolute Gasteiger partial charge is 0.404 e. The maximum Gasteiger partial charge on any atom is 0.404 e. The maximum absolute atomic E-state index is 15.1. The highest BCUT2D eigenvalue weighted by atomic mass is 19.1. The number of amides is 1. The van der Waals surface area contributed by atoms with Gasteiger partial charge in [-0.25, -0.2) is 14.0 Å². The van der Waals surface area contributed by atoms with Crippen LogP contribution >= 0.6 is 0 Å². The number of hydrogen-bond donors (Lipinski definition) is 3. The Kier molecular flexibility index (Phi) is 3.95. The van der Waals surface area contributed by atoms with Crippen molar-refractivity contribution in [3.05, 3.63) is 38.3 Å². The lowest BCUT2D eigenvalue weighted by molar-refractivity contribution is 0.112. The minimum absolute atomic E-state index is 0.0179. The number of benzene rings is 1. The number of aromatic nitrogens is 2. The van der Waals surface area contributed by atoms with E-state index in [0.717, 1.165) is 12.8 Å². The fourth-order valence-corrected chi connectivity index (χ4v) is 4.84. The number of aromatic amines is 1. The molecule has 3 N–H and O–H groups in total. The molecule has 2 saturated heterocycles. The van der Waals surface area contributed by atoms with Gasteiger partial charge in [-0.05, 0) is 25.8 Å². The standard InChI is InChI=1S/C19H21FN4O5/c1-8-15-10(17(25)22-18(26)24(15)9-2-3-9)4-12(20)16(8)23-5-11-13(21-19(27)28)7-29-14(11)6-23/h4,9,11,13-14,21H,2-3,5-7H2,1H3,(H,27,28)(H,22,25,26). The van der Waals surface area contributed by atoms with Gasteiger partial charge in [0.2, 0.25) is 0 Å². The Labute approximate surface area is 164 Å². The second-order valence-corrected chi connectivity index (χ2v) is 8.09. The molecule has 1 amide bonds. The first kappa shape index (κ1) is 18.2. The van der Waals surface area contributed by atoms with Crippen LogP contribution in [0.25, 0.3) is 10.9 Å². The molecule has 3 heterocycles. The van der Waals surface area contributed by atoms with Crippen molar-refractivity contribution in [1.82, 2.24) is 14.9 Å². The van der Waals surface area contributed by atoms with Crippen molar-refractivity contribution >= 4 is 22.7 Å². The van der Waals surface area contributed by atoms with Crippen LogP contribution in [-0.2, 0) is 4.74 Å². The number of halogens is 1. The van der Waals surface area contributed by atoms with Gasteiger partial charge in [-0.15, -0.1) is 0 Å². The van der Waals surface area contributed by atoms with E-state index in [-0.39, 0.29) is 29.5 Å². The summed E-state index contributed by atoms with van der Waals surface area (Å²) in [7, 11) is 0. The van der Waals surface area contributed by atoms with Crippen molar-refractivity contribution in [2.45, 2.75) is 38.0 Å². The highest BCUT2D eigenvalue weighted by Gasteiger charge is 2.45. The predicted octanol–water partition coefficient (Wildman–Crippen LogP) is 0.943. The number of rotatable bonds is 3. The lowest BCUT2D eigenvalue weighted by Crippen LogP contribution is -2.41. The quantitative estimate of drug-likeness (QED) is 0.701. The third-order valence-electron chi connectivity index (χ3n) is 6.24. The number of anilines is 1. The first-order valence-corrected chi connectivity index (χ1v) is 9.68. The van der Waals surface area contributed by atoms with Crippen molar-refractivity contribution in [1.29, 1.82) is 0 Å². The van der Waals surface area contributed by atoms with Gasteiger partial charge in [-0.2, -0.15) is 0 Å². The van der Waals surface area contributed by atoms with E-state index < -0.39 is 23.2 Å². The molecule has 2 aromatic rings. The summed E-state index contributed by atoms with van der Waals surface area (Å²) in [5.74, 6) is -0.630. The van der Waals surface area contributed by atoms with E-state index in [1.54, 1.807) is 11.5 Å². The Morgan fingerprint density at radius 1 is 1.34 bits per heavy atom. The molecule has 10 heteroatoms. The summed E-state index contributed by atoms with van der Waals surface area (Å²) in [6, 6.07) is 0.861. The second-order valence-electron chi connectivity index (χ2n) is 8.09. The topological polar surface area (TPSA) is 117 Å². The SMILES string of the molecule is Cc1c(N2CC3OCC(NC(=O)O)C3C2)c(F)cc2c(=O)[nH]c(=O)n(C3CC3)c12. The van der Waals surface area contributed by atoms with E-state index in [1.165, 1.54) is 6.07 Å². The average molecular weight is 404 g/mol. The highest BCUT2D eigenvalue weighted by molar-refractivity contribution is 5.87. The summed E-state index contributed by atoms with van der Waals surface area (Å²) in [4.78, 5) is 39.9. The molecule has 2 aliphatic heterocycles. The van der Waals surface area contributed by atoms with Crippen molar-refractivity contribution in [3.8, 4) is 0 Å². The van der Waals surface area contributed by atoms with Crippen molar-refractivity contribution < 1.29 is 19.0 Å². The maximum atomic E-state index is 15.1. The summed E-state index contributed by atoms with van der Waals surface area (Å²) < 4.78 is 22.4. The fraction of sp³-hybridized carbons (Fsp3) is 0.526. The van der Waals surface area contributed by atoms with Crippen molar-refractivity contribution in [2.75, 3.05) is 24.6 Å². The van der Waals surface area contributed by atoms with Gasteiger partial charge < -0.3 is 20.1 Å². The van der Waals surface area contributed by atoms with Crippen molar-refractivity contribution in [2.24, 2.45) is 5.92 Å². The molecule has 0 bridgehead atoms. The highest BCUT2D eigenvalue weighted by Crippen LogP contribution is 2.40. The number of aryl methyl sites for hydroxylation is 1. The zero-order valence-electron chi connectivity index (χ0n) is 15.8. The molecule has 0 radical (unpaired) electrons. The van der Waals surface area contributed by atoms with E-state index >= 15 is 4.39 Å². The molecule has 3 atom stereocenters. The van der Waals surface area contributed by atoms with Crippen LogP contribution in [0.15, 0.2) is 15.7 Å². The minimum Gasteiger partial charge on any atom is -0.465 e. The molecule has 3 unspecified atom stereocenters. The molecule has 9 nitrogen and oxygen atoms in total.